The Hall–Kier alpha value is -1.11. The molecule has 0 saturated heterocycles. The summed E-state index contributed by atoms with van der Waals surface area (Å²) in [5.41, 5.74) is 0.479. The summed E-state index contributed by atoms with van der Waals surface area (Å²) in [4.78, 5) is 23.4. The molecule has 1 N–H and O–H groups in total. The van der Waals surface area contributed by atoms with Crippen molar-refractivity contribution < 1.29 is 14.3 Å². The molecule has 1 aromatic carbocycles. The molecule has 0 bridgehead atoms. The molecule has 0 aliphatic rings. The van der Waals surface area contributed by atoms with Crippen LogP contribution in [-0.4, -0.2) is 24.5 Å². The Morgan fingerprint density at radius 2 is 1.89 bits per heavy atom. The first-order valence-corrected chi connectivity index (χ1v) is 7.20. The third-order valence-electron chi connectivity index (χ3n) is 2.82. The average Bonchev–Trinajstić information content (AvgIpc) is 2.36. The molecule has 5 heteroatoms. The number of hydrogen-bond donors (Lipinski definition) is 1. The quantitative estimate of drug-likeness (QED) is 0.636. The van der Waals surface area contributed by atoms with E-state index in [9.17, 15) is 9.59 Å². The number of ether oxygens (including phenoxy) is 1. The number of amides is 1. The number of rotatable bonds is 5. The number of nitrogens with one attached hydrogen (secondary N) is 1. The van der Waals surface area contributed by atoms with Crippen LogP contribution in [0.2, 0.25) is 0 Å². The molecule has 0 aliphatic heterocycles. The van der Waals surface area contributed by atoms with Crippen LogP contribution in [-0.2, 0) is 9.53 Å². The lowest BCUT2D eigenvalue weighted by atomic mass is 10.1. The molecule has 1 amide bonds. The van der Waals surface area contributed by atoms with E-state index in [0.29, 0.717) is 11.5 Å². The highest BCUT2D eigenvalue weighted by atomic mass is 127. The summed E-state index contributed by atoms with van der Waals surface area (Å²) in [6, 6.07) is 7.16. The van der Waals surface area contributed by atoms with Gasteiger partial charge in [-0.1, -0.05) is 26.0 Å². The first kappa shape index (κ1) is 15.9. The van der Waals surface area contributed by atoms with Crippen LogP contribution in [0.4, 0.5) is 0 Å². The topological polar surface area (TPSA) is 55.4 Å². The van der Waals surface area contributed by atoms with E-state index in [1.165, 1.54) is 0 Å². The van der Waals surface area contributed by atoms with Crippen molar-refractivity contribution in [3.05, 3.63) is 33.4 Å². The summed E-state index contributed by atoms with van der Waals surface area (Å²) in [6.07, 6.45) is 0. The van der Waals surface area contributed by atoms with E-state index in [-0.39, 0.29) is 18.6 Å². The summed E-state index contributed by atoms with van der Waals surface area (Å²) in [7, 11) is 0. The third kappa shape index (κ3) is 5.18. The van der Waals surface area contributed by atoms with E-state index in [2.05, 4.69) is 27.9 Å². The highest BCUT2D eigenvalue weighted by Crippen LogP contribution is 2.12. The number of halogens is 1. The van der Waals surface area contributed by atoms with E-state index >= 15 is 0 Å². The smallest absolute Gasteiger partial charge is 0.339 e. The minimum absolute atomic E-state index is 0.0584. The van der Waals surface area contributed by atoms with Crippen LogP contribution in [0.3, 0.4) is 0 Å². The van der Waals surface area contributed by atoms with Crippen molar-refractivity contribution in [1.82, 2.24) is 5.32 Å². The molecule has 0 radical (unpaired) electrons. The van der Waals surface area contributed by atoms with Crippen molar-refractivity contribution in [3.8, 4) is 0 Å². The number of benzene rings is 1. The molecular formula is C14H18INO3. The molecule has 1 aromatic rings. The van der Waals surface area contributed by atoms with Crippen LogP contribution in [0.5, 0.6) is 0 Å². The predicted octanol–water partition coefficient (Wildman–Crippen LogP) is 2.61. The Labute approximate surface area is 127 Å². The maximum absolute atomic E-state index is 11.8. The summed E-state index contributed by atoms with van der Waals surface area (Å²) in [5, 5.41) is 2.78. The minimum Gasteiger partial charge on any atom is -0.452 e. The average molecular weight is 375 g/mol. The van der Waals surface area contributed by atoms with Crippen molar-refractivity contribution in [1.29, 1.82) is 0 Å². The zero-order valence-electron chi connectivity index (χ0n) is 11.3. The van der Waals surface area contributed by atoms with Crippen molar-refractivity contribution in [2.75, 3.05) is 6.61 Å². The third-order valence-corrected chi connectivity index (χ3v) is 3.76. The standard InChI is InChI=1S/C14H18INO3/c1-9(2)10(3)16-13(17)8-19-14(18)11-6-4-5-7-12(11)15/h4-7,9-10H,8H2,1-3H3,(H,16,17)/t10-/m0/s1. The Kier molecular flexibility index (Phi) is 6.27. The maximum Gasteiger partial charge on any atom is 0.339 e. The van der Waals surface area contributed by atoms with Crippen LogP contribution in [0.25, 0.3) is 0 Å². The Balaban J connectivity index is 2.47. The number of carbonyl (C=O) groups excluding carboxylic acids is 2. The normalized spacial score (nSPS) is 12.1. The summed E-state index contributed by atoms with van der Waals surface area (Å²) in [5.74, 6) is -0.410. The summed E-state index contributed by atoms with van der Waals surface area (Å²) >= 11 is 2.06. The van der Waals surface area contributed by atoms with Crippen molar-refractivity contribution in [2.24, 2.45) is 5.92 Å². The fourth-order valence-corrected chi connectivity index (χ4v) is 1.91. The minimum atomic E-state index is -0.475. The molecule has 0 fully saturated rings. The predicted molar refractivity (Wildman–Crippen MR) is 81.9 cm³/mol. The maximum atomic E-state index is 11.8. The van der Waals surface area contributed by atoms with Gasteiger partial charge in [0.25, 0.3) is 5.91 Å². The van der Waals surface area contributed by atoms with E-state index < -0.39 is 5.97 Å². The van der Waals surface area contributed by atoms with Crippen molar-refractivity contribution in [2.45, 2.75) is 26.8 Å². The molecule has 19 heavy (non-hydrogen) atoms. The Morgan fingerprint density at radius 3 is 2.47 bits per heavy atom. The van der Waals surface area contributed by atoms with Gasteiger partial charge >= 0.3 is 5.97 Å². The van der Waals surface area contributed by atoms with Gasteiger partial charge in [-0.25, -0.2) is 4.79 Å². The molecular weight excluding hydrogens is 357 g/mol. The van der Waals surface area contributed by atoms with Gasteiger partial charge in [0.1, 0.15) is 0 Å². The van der Waals surface area contributed by atoms with E-state index in [1.54, 1.807) is 12.1 Å². The summed E-state index contributed by atoms with van der Waals surface area (Å²) in [6.45, 7) is 5.71. The molecule has 0 spiro atoms. The van der Waals surface area contributed by atoms with Crippen LogP contribution in [0.1, 0.15) is 31.1 Å². The molecule has 0 unspecified atom stereocenters. The van der Waals surface area contributed by atoms with Crippen LogP contribution < -0.4 is 5.32 Å². The van der Waals surface area contributed by atoms with Gasteiger partial charge in [0, 0.05) is 9.61 Å². The lowest BCUT2D eigenvalue weighted by Crippen LogP contribution is -2.38. The number of hydrogen-bond acceptors (Lipinski definition) is 3. The first-order valence-electron chi connectivity index (χ1n) is 6.12. The lowest BCUT2D eigenvalue weighted by molar-refractivity contribution is -0.125. The number of carbonyl (C=O) groups is 2. The second-order valence-electron chi connectivity index (χ2n) is 4.66. The van der Waals surface area contributed by atoms with Gasteiger partial charge < -0.3 is 10.1 Å². The monoisotopic (exact) mass is 375 g/mol. The Morgan fingerprint density at radius 1 is 1.26 bits per heavy atom. The van der Waals surface area contributed by atoms with E-state index in [4.69, 9.17) is 4.74 Å². The zero-order chi connectivity index (χ0) is 14.4. The summed E-state index contributed by atoms with van der Waals surface area (Å²) < 4.78 is 5.80. The van der Waals surface area contributed by atoms with Crippen molar-refractivity contribution in [3.63, 3.8) is 0 Å². The molecule has 4 nitrogen and oxygen atoms in total. The van der Waals surface area contributed by atoms with Crippen molar-refractivity contribution >= 4 is 34.5 Å². The van der Waals surface area contributed by atoms with E-state index in [0.717, 1.165) is 3.57 Å². The number of esters is 1. The Bertz CT molecular complexity index is 460. The lowest BCUT2D eigenvalue weighted by Gasteiger charge is -2.17. The van der Waals surface area contributed by atoms with Crippen LogP contribution >= 0.6 is 22.6 Å². The molecule has 1 rings (SSSR count). The molecule has 0 heterocycles. The second kappa shape index (κ2) is 7.47. The molecule has 1 atom stereocenters. The molecule has 0 aliphatic carbocycles. The molecule has 0 aromatic heterocycles. The fourth-order valence-electron chi connectivity index (χ4n) is 1.30. The van der Waals surface area contributed by atoms with Gasteiger partial charge in [0.15, 0.2) is 6.61 Å². The van der Waals surface area contributed by atoms with Gasteiger partial charge in [-0.05, 0) is 47.6 Å². The van der Waals surface area contributed by atoms with Gasteiger partial charge in [-0.3, -0.25) is 4.79 Å². The SMILES string of the molecule is CC(C)[C@H](C)NC(=O)COC(=O)c1ccccc1I. The second-order valence-corrected chi connectivity index (χ2v) is 5.82. The van der Waals surface area contributed by atoms with Gasteiger partial charge in [-0.2, -0.15) is 0 Å². The first-order chi connectivity index (χ1) is 8.91. The van der Waals surface area contributed by atoms with Gasteiger partial charge in [0.05, 0.1) is 5.56 Å². The highest BCUT2D eigenvalue weighted by molar-refractivity contribution is 14.1. The van der Waals surface area contributed by atoms with Gasteiger partial charge in [-0.15, -0.1) is 0 Å². The highest BCUT2D eigenvalue weighted by Gasteiger charge is 2.15. The van der Waals surface area contributed by atoms with Crippen LogP contribution in [0.15, 0.2) is 24.3 Å². The largest absolute Gasteiger partial charge is 0.452 e. The molecule has 104 valence electrons. The van der Waals surface area contributed by atoms with Gasteiger partial charge in [0.2, 0.25) is 0 Å². The van der Waals surface area contributed by atoms with Crippen LogP contribution in [0, 0.1) is 9.49 Å². The molecule has 0 saturated carbocycles. The van der Waals surface area contributed by atoms with E-state index in [1.807, 2.05) is 32.9 Å². The zero-order valence-corrected chi connectivity index (χ0v) is 13.4. The fraction of sp³-hybridized carbons (Fsp3) is 0.429.